The molecule has 0 aliphatic carbocycles. The Hall–Kier alpha value is -3.99. The molecule has 0 bridgehead atoms. The number of halogens is 1. The largest absolute Gasteiger partial charge is 0.325 e. The molecular weight excluding hydrogens is 385 g/mol. The number of rotatable bonds is 4. The lowest BCUT2D eigenvalue weighted by molar-refractivity contribution is -0.131. The second-order valence-corrected chi connectivity index (χ2v) is 7.19. The van der Waals surface area contributed by atoms with Gasteiger partial charge in [-0.1, -0.05) is 36.4 Å². The summed E-state index contributed by atoms with van der Waals surface area (Å²) in [7, 11) is 0. The molecule has 1 aliphatic heterocycles. The first kappa shape index (κ1) is 19.3. The zero-order chi connectivity index (χ0) is 21.5. The Kier molecular flexibility index (Phi) is 4.59. The average Bonchev–Trinajstić information content (AvgIpc) is 3.17. The molecule has 1 atom stereocenters. The van der Waals surface area contributed by atoms with E-state index in [-0.39, 0.29) is 12.1 Å². The van der Waals surface area contributed by atoms with Crippen LogP contribution < -0.4 is 5.32 Å². The molecule has 0 saturated carbocycles. The van der Waals surface area contributed by atoms with Crippen LogP contribution in [0.25, 0.3) is 5.69 Å². The van der Waals surface area contributed by atoms with Crippen LogP contribution >= 0.6 is 0 Å². The number of aryl methyl sites for hydroxylation is 1. The molecule has 150 valence electrons. The number of nitrogens with zero attached hydrogens (tertiary/aromatic N) is 4. The number of para-hydroxylation sites is 1. The Morgan fingerprint density at radius 2 is 1.80 bits per heavy atom. The molecule has 1 aromatic heterocycles. The van der Waals surface area contributed by atoms with Crippen molar-refractivity contribution in [3.63, 3.8) is 0 Å². The Morgan fingerprint density at radius 3 is 2.47 bits per heavy atom. The molecule has 1 N–H and O–H groups in total. The monoisotopic (exact) mass is 403 g/mol. The Balaban J connectivity index is 1.76. The summed E-state index contributed by atoms with van der Waals surface area (Å²) in [5.74, 6) is -1.18. The summed E-state index contributed by atoms with van der Waals surface area (Å²) in [6.45, 7) is 2.99. The minimum Gasteiger partial charge on any atom is -0.319 e. The molecule has 2 aromatic carbocycles. The van der Waals surface area contributed by atoms with Gasteiger partial charge in [0.25, 0.3) is 5.91 Å². The summed E-state index contributed by atoms with van der Waals surface area (Å²) in [6.07, 6.45) is 0. The van der Waals surface area contributed by atoms with E-state index in [0.29, 0.717) is 22.6 Å². The van der Waals surface area contributed by atoms with E-state index in [1.165, 1.54) is 25.1 Å². The number of hydrogen-bond acceptors (Lipinski definition) is 4. The van der Waals surface area contributed by atoms with Gasteiger partial charge in [0.05, 0.1) is 29.2 Å². The molecule has 2 heterocycles. The lowest BCUT2D eigenvalue weighted by Gasteiger charge is -2.22. The summed E-state index contributed by atoms with van der Waals surface area (Å²) >= 11 is 0. The van der Waals surface area contributed by atoms with Gasteiger partial charge in [-0.05, 0) is 32.0 Å². The number of carbonyl (C=O) groups is 2. The third-order valence-corrected chi connectivity index (χ3v) is 5.26. The topological polar surface area (TPSA) is 91.0 Å². The van der Waals surface area contributed by atoms with Crippen molar-refractivity contribution in [1.29, 1.82) is 5.26 Å². The summed E-state index contributed by atoms with van der Waals surface area (Å²) in [4.78, 5) is 26.9. The van der Waals surface area contributed by atoms with Crippen molar-refractivity contribution in [1.82, 2.24) is 20.0 Å². The van der Waals surface area contributed by atoms with Gasteiger partial charge in [-0.15, -0.1) is 0 Å². The number of urea groups is 1. The highest BCUT2D eigenvalue weighted by Crippen LogP contribution is 2.32. The predicted molar refractivity (Wildman–Crippen MR) is 106 cm³/mol. The van der Waals surface area contributed by atoms with E-state index in [4.69, 9.17) is 0 Å². The number of nitriles is 1. The summed E-state index contributed by atoms with van der Waals surface area (Å²) in [6, 6.07) is 16.4. The van der Waals surface area contributed by atoms with Gasteiger partial charge in [0.15, 0.2) is 0 Å². The fourth-order valence-electron chi connectivity index (χ4n) is 3.69. The number of amides is 3. The molecule has 1 aliphatic rings. The first-order valence-corrected chi connectivity index (χ1v) is 9.30. The van der Waals surface area contributed by atoms with Crippen LogP contribution in [0.1, 0.15) is 29.4 Å². The minimum atomic E-state index is -1.54. The Morgan fingerprint density at radius 1 is 1.13 bits per heavy atom. The van der Waals surface area contributed by atoms with E-state index in [2.05, 4.69) is 16.5 Å². The van der Waals surface area contributed by atoms with Crippen LogP contribution in [0.15, 0.2) is 54.6 Å². The van der Waals surface area contributed by atoms with Gasteiger partial charge in [-0.3, -0.25) is 9.69 Å². The van der Waals surface area contributed by atoms with Crippen LogP contribution in [0, 0.1) is 24.1 Å². The van der Waals surface area contributed by atoms with E-state index in [9.17, 15) is 19.2 Å². The summed E-state index contributed by atoms with van der Waals surface area (Å²) in [5, 5.41) is 16.6. The van der Waals surface area contributed by atoms with Crippen molar-refractivity contribution in [3.8, 4) is 11.8 Å². The van der Waals surface area contributed by atoms with Crippen molar-refractivity contribution in [2.24, 2.45) is 0 Å². The fourth-order valence-corrected chi connectivity index (χ4v) is 3.69. The SMILES string of the molecule is Cc1nn(-c2ccccc2)c(CN2C(=O)NC(C)(c3ccccc3F)C2=O)c1C#N. The van der Waals surface area contributed by atoms with Gasteiger partial charge >= 0.3 is 6.03 Å². The van der Waals surface area contributed by atoms with Crippen LogP contribution in [0.5, 0.6) is 0 Å². The quantitative estimate of drug-likeness (QED) is 0.678. The second kappa shape index (κ2) is 7.12. The van der Waals surface area contributed by atoms with Crippen LogP contribution in [0.3, 0.4) is 0 Å². The number of nitrogens with one attached hydrogen (secondary N) is 1. The molecule has 3 aromatic rings. The summed E-state index contributed by atoms with van der Waals surface area (Å²) < 4.78 is 15.9. The third kappa shape index (κ3) is 2.92. The van der Waals surface area contributed by atoms with E-state index in [1.807, 2.05) is 30.3 Å². The average molecular weight is 403 g/mol. The number of imide groups is 1. The molecule has 4 rings (SSSR count). The summed E-state index contributed by atoms with van der Waals surface area (Å²) in [5.41, 5.74) is 0.420. The maximum Gasteiger partial charge on any atom is 0.325 e. The molecule has 1 saturated heterocycles. The minimum absolute atomic E-state index is 0.0825. The van der Waals surface area contributed by atoms with Gasteiger partial charge in [0.2, 0.25) is 0 Å². The maximum absolute atomic E-state index is 14.4. The van der Waals surface area contributed by atoms with Crippen LogP contribution in [-0.2, 0) is 16.9 Å². The van der Waals surface area contributed by atoms with Gasteiger partial charge in [0.1, 0.15) is 17.4 Å². The van der Waals surface area contributed by atoms with Crippen molar-refractivity contribution in [3.05, 3.63) is 82.9 Å². The van der Waals surface area contributed by atoms with Crippen molar-refractivity contribution >= 4 is 11.9 Å². The van der Waals surface area contributed by atoms with E-state index < -0.39 is 23.3 Å². The molecule has 3 amide bonds. The van der Waals surface area contributed by atoms with Crippen LogP contribution in [0.2, 0.25) is 0 Å². The first-order valence-electron chi connectivity index (χ1n) is 9.30. The van der Waals surface area contributed by atoms with E-state index >= 15 is 0 Å². The molecular formula is C22H18FN5O2. The highest BCUT2D eigenvalue weighted by Gasteiger charge is 2.50. The van der Waals surface area contributed by atoms with Crippen molar-refractivity contribution < 1.29 is 14.0 Å². The third-order valence-electron chi connectivity index (χ3n) is 5.26. The van der Waals surface area contributed by atoms with Crippen molar-refractivity contribution in [2.75, 3.05) is 0 Å². The predicted octanol–water partition coefficient (Wildman–Crippen LogP) is 3.16. The van der Waals surface area contributed by atoms with Gasteiger partial charge < -0.3 is 5.32 Å². The van der Waals surface area contributed by atoms with Crippen LogP contribution in [-0.4, -0.2) is 26.6 Å². The van der Waals surface area contributed by atoms with Gasteiger partial charge in [-0.2, -0.15) is 10.4 Å². The number of aromatic nitrogens is 2. The van der Waals surface area contributed by atoms with Crippen LogP contribution in [0.4, 0.5) is 9.18 Å². The number of hydrogen-bond donors (Lipinski definition) is 1. The highest BCUT2D eigenvalue weighted by atomic mass is 19.1. The van der Waals surface area contributed by atoms with Crippen molar-refractivity contribution in [2.45, 2.75) is 25.9 Å². The molecule has 0 spiro atoms. The van der Waals surface area contributed by atoms with Gasteiger partial charge in [0, 0.05) is 5.56 Å². The van der Waals surface area contributed by atoms with Gasteiger partial charge in [-0.25, -0.2) is 13.9 Å². The molecule has 1 unspecified atom stereocenters. The lowest BCUT2D eigenvalue weighted by Crippen LogP contribution is -2.41. The molecule has 8 heteroatoms. The van der Waals surface area contributed by atoms with E-state index in [1.54, 1.807) is 17.7 Å². The smallest absolute Gasteiger partial charge is 0.319 e. The normalized spacial score (nSPS) is 18.4. The zero-order valence-electron chi connectivity index (χ0n) is 16.4. The number of carbonyl (C=O) groups excluding carboxylic acids is 2. The zero-order valence-corrected chi connectivity index (χ0v) is 16.4. The molecule has 30 heavy (non-hydrogen) atoms. The first-order chi connectivity index (χ1) is 14.4. The molecule has 0 radical (unpaired) electrons. The standard InChI is InChI=1S/C22H18FN5O2/c1-14-16(12-24)19(28(26-14)15-8-4-3-5-9-15)13-27-20(29)22(2,25-21(27)30)17-10-6-7-11-18(17)23/h3-11H,13H2,1-2H3,(H,25,30). The Bertz CT molecular complexity index is 1200. The lowest BCUT2D eigenvalue weighted by atomic mass is 9.91. The Labute approximate surface area is 172 Å². The fraction of sp³-hybridized carbons (Fsp3) is 0.182. The molecule has 1 fully saturated rings. The maximum atomic E-state index is 14.4. The highest BCUT2D eigenvalue weighted by molar-refractivity contribution is 6.07. The number of benzene rings is 2. The molecule has 7 nitrogen and oxygen atoms in total. The second-order valence-electron chi connectivity index (χ2n) is 7.19. The van der Waals surface area contributed by atoms with E-state index in [0.717, 1.165) is 4.90 Å².